The third-order valence-corrected chi connectivity index (χ3v) is 4.34. The Labute approximate surface area is 119 Å². The van der Waals surface area contributed by atoms with Crippen molar-refractivity contribution in [3.05, 3.63) is 28.2 Å². The molecule has 1 aromatic carbocycles. The first-order valence-electron chi connectivity index (χ1n) is 6.77. The highest BCUT2D eigenvalue weighted by molar-refractivity contribution is 9.10. The number of hydrogen-bond acceptors (Lipinski definition) is 2. The van der Waals surface area contributed by atoms with E-state index in [0.717, 1.165) is 0 Å². The van der Waals surface area contributed by atoms with Gasteiger partial charge in [0.1, 0.15) is 0 Å². The van der Waals surface area contributed by atoms with Gasteiger partial charge >= 0.3 is 0 Å². The molecule has 2 rings (SSSR count). The van der Waals surface area contributed by atoms with Crippen molar-refractivity contribution >= 4 is 21.6 Å². The lowest BCUT2D eigenvalue weighted by Gasteiger charge is -2.33. The zero-order valence-electron chi connectivity index (χ0n) is 11.7. The average Bonchev–Trinajstić information content (AvgIpc) is 2.65. The summed E-state index contributed by atoms with van der Waals surface area (Å²) in [4.78, 5) is 2.58. The van der Waals surface area contributed by atoms with Gasteiger partial charge in [-0.15, -0.1) is 0 Å². The molecular formula is C15H23BrN2. The standard InChI is InChI=1S/C15H23BrN2/c1-10(2)18-14(7-11(3)17-4)9-12-8-13(16)5-6-15(12)18/h5-6,8,10-11,14,17H,7,9H2,1-4H3. The number of nitrogens with one attached hydrogen (secondary N) is 1. The largest absolute Gasteiger partial charge is 0.366 e. The Morgan fingerprint density at radius 1 is 1.39 bits per heavy atom. The van der Waals surface area contributed by atoms with Gasteiger partial charge in [0.15, 0.2) is 0 Å². The molecule has 0 saturated heterocycles. The fraction of sp³-hybridized carbons (Fsp3) is 0.600. The van der Waals surface area contributed by atoms with Crippen LogP contribution in [0.2, 0.25) is 0 Å². The molecule has 0 aromatic heterocycles. The molecule has 1 aliphatic heterocycles. The van der Waals surface area contributed by atoms with Crippen LogP contribution in [0.3, 0.4) is 0 Å². The molecule has 0 aliphatic carbocycles. The maximum atomic E-state index is 3.58. The highest BCUT2D eigenvalue weighted by atomic mass is 79.9. The quantitative estimate of drug-likeness (QED) is 0.914. The van der Waals surface area contributed by atoms with Crippen molar-refractivity contribution in [1.82, 2.24) is 5.32 Å². The molecular weight excluding hydrogens is 288 g/mol. The van der Waals surface area contributed by atoms with E-state index in [1.54, 1.807) is 0 Å². The highest BCUT2D eigenvalue weighted by Gasteiger charge is 2.31. The summed E-state index contributed by atoms with van der Waals surface area (Å²) in [5.41, 5.74) is 2.90. The van der Waals surface area contributed by atoms with Gasteiger partial charge in [-0.25, -0.2) is 0 Å². The summed E-state index contributed by atoms with van der Waals surface area (Å²) in [7, 11) is 2.04. The van der Waals surface area contributed by atoms with Crippen LogP contribution in [-0.4, -0.2) is 25.2 Å². The van der Waals surface area contributed by atoms with Crippen LogP contribution in [0.4, 0.5) is 5.69 Å². The monoisotopic (exact) mass is 310 g/mol. The molecule has 1 heterocycles. The van der Waals surface area contributed by atoms with Crippen LogP contribution in [-0.2, 0) is 6.42 Å². The summed E-state index contributed by atoms with van der Waals surface area (Å²) in [5, 5.41) is 3.35. The van der Waals surface area contributed by atoms with Gasteiger partial charge < -0.3 is 10.2 Å². The zero-order chi connectivity index (χ0) is 13.3. The summed E-state index contributed by atoms with van der Waals surface area (Å²) in [6.45, 7) is 6.83. The number of nitrogens with zero attached hydrogens (tertiary/aromatic N) is 1. The third-order valence-electron chi connectivity index (χ3n) is 3.84. The fourth-order valence-corrected chi connectivity index (χ4v) is 3.35. The minimum atomic E-state index is 0.557. The topological polar surface area (TPSA) is 15.3 Å². The number of hydrogen-bond donors (Lipinski definition) is 1. The second kappa shape index (κ2) is 5.62. The van der Waals surface area contributed by atoms with Gasteiger partial charge in [0.2, 0.25) is 0 Å². The van der Waals surface area contributed by atoms with Gasteiger partial charge in [0, 0.05) is 28.3 Å². The van der Waals surface area contributed by atoms with E-state index in [1.165, 1.54) is 28.6 Å². The summed E-state index contributed by atoms with van der Waals surface area (Å²) < 4.78 is 1.19. The molecule has 0 radical (unpaired) electrons. The van der Waals surface area contributed by atoms with E-state index in [9.17, 15) is 0 Å². The summed E-state index contributed by atoms with van der Waals surface area (Å²) in [6.07, 6.45) is 2.36. The SMILES string of the molecule is CNC(C)CC1Cc2cc(Br)ccc2N1C(C)C. The highest BCUT2D eigenvalue weighted by Crippen LogP contribution is 2.37. The van der Waals surface area contributed by atoms with Crippen molar-refractivity contribution in [3.63, 3.8) is 0 Å². The van der Waals surface area contributed by atoms with Crippen LogP contribution in [0.5, 0.6) is 0 Å². The van der Waals surface area contributed by atoms with E-state index in [-0.39, 0.29) is 0 Å². The van der Waals surface area contributed by atoms with Gasteiger partial charge in [0.05, 0.1) is 0 Å². The number of rotatable bonds is 4. The van der Waals surface area contributed by atoms with E-state index < -0.39 is 0 Å². The van der Waals surface area contributed by atoms with E-state index in [2.05, 4.69) is 65.1 Å². The van der Waals surface area contributed by atoms with Gasteiger partial charge in [-0.2, -0.15) is 0 Å². The van der Waals surface area contributed by atoms with Crippen LogP contribution in [0.15, 0.2) is 22.7 Å². The van der Waals surface area contributed by atoms with E-state index in [4.69, 9.17) is 0 Å². The molecule has 1 N–H and O–H groups in total. The first kappa shape index (κ1) is 13.9. The van der Waals surface area contributed by atoms with Gasteiger partial charge in [-0.3, -0.25) is 0 Å². The predicted octanol–water partition coefficient (Wildman–Crippen LogP) is 3.59. The molecule has 0 spiro atoms. The van der Waals surface area contributed by atoms with E-state index >= 15 is 0 Å². The molecule has 2 atom stereocenters. The Hall–Kier alpha value is -0.540. The van der Waals surface area contributed by atoms with Crippen LogP contribution in [0.1, 0.15) is 32.8 Å². The van der Waals surface area contributed by atoms with Crippen LogP contribution in [0, 0.1) is 0 Å². The molecule has 100 valence electrons. The first-order chi connectivity index (χ1) is 8.52. The molecule has 1 aromatic rings. The minimum Gasteiger partial charge on any atom is -0.366 e. The molecule has 2 unspecified atom stereocenters. The van der Waals surface area contributed by atoms with E-state index in [1.807, 2.05) is 7.05 Å². The Morgan fingerprint density at radius 3 is 2.72 bits per heavy atom. The van der Waals surface area contributed by atoms with Gasteiger partial charge in [-0.1, -0.05) is 15.9 Å². The molecule has 0 saturated carbocycles. The third kappa shape index (κ3) is 2.72. The number of fused-ring (bicyclic) bond motifs is 1. The lowest BCUT2D eigenvalue weighted by molar-refractivity contribution is 0.461. The average molecular weight is 311 g/mol. The maximum absolute atomic E-state index is 3.58. The van der Waals surface area contributed by atoms with Crippen molar-refractivity contribution < 1.29 is 0 Å². The van der Waals surface area contributed by atoms with Gasteiger partial charge in [0.25, 0.3) is 0 Å². The smallest absolute Gasteiger partial charge is 0.0405 e. The van der Waals surface area contributed by atoms with Crippen molar-refractivity contribution in [2.75, 3.05) is 11.9 Å². The Kier molecular flexibility index (Phi) is 4.33. The number of benzene rings is 1. The zero-order valence-corrected chi connectivity index (χ0v) is 13.3. The number of anilines is 1. The minimum absolute atomic E-state index is 0.557. The Balaban J connectivity index is 2.25. The molecule has 3 heteroatoms. The molecule has 0 amide bonds. The van der Waals surface area contributed by atoms with Crippen LogP contribution < -0.4 is 10.2 Å². The molecule has 18 heavy (non-hydrogen) atoms. The predicted molar refractivity (Wildman–Crippen MR) is 82.4 cm³/mol. The normalized spacial score (nSPS) is 20.3. The Morgan fingerprint density at radius 2 is 2.11 bits per heavy atom. The lowest BCUT2D eigenvalue weighted by Crippen LogP contribution is -2.41. The lowest BCUT2D eigenvalue weighted by atomic mass is 10.0. The van der Waals surface area contributed by atoms with Crippen molar-refractivity contribution in [3.8, 4) is 0 Å². The second-order valence-corrected chi connectivity index (χ2v) is 6.47. The summed E-state index contributed by atoms with van der Waals surface area (Å²) >= 11 is 3.58. The number of halogens is 1. The maximum Gasteiger partial charge on any atom is 0.0405 e. The van der Waals surface area contributed by atoms with E-state index in [0.29, 0.717) is 18.1 Å². The fourth-order valence-electron chi connectivity index (χ4n) is 2.94. The first-order valence-corrected chi connectivity index (χ1v) is 7.56. The van der Waals surface area contributed by atoms with Crippen LogP contribution in [0.25, 0.3) is 0 Å². The van der Waals surface area contributed by atoms with Crippen LogP contribution >= 0.6 is 15.9 Å². The molecule has 1 aliphatic rings. The van der Waals surface area contributed by atoms with Crippen molar-refractivity contribution in [2.45, 2.75) is 51.7 Å². The molecule has 0 bridgehead atoms. The second-order valence-electron chi connectivity index (χ2n) is 5.56. The molecule has 0 fully saturated rings. The van der Waals surface area contributed by atoms with Crippen molar-refractivity contribution in [2.24, 2.45) is 0 Å². The summed E-state index contributed by atoms with van der Waals surface area (Å²) in [6, 6.07) is 8.42. The van der Waals surface area contributed by atoms with Crippen molar-refractivity contribution in [1.29, 1.82) is 0 Å². The van der Waals surface area contributed by atoms with Gasteiger partial charge in [-0.05, 0) is 64.4 Å². The Bertz CT molecular complexity index is 417. The molecule has 2 nitrogen and oxygen atoms in total. The summed E-state index contributed by atoms with van der Waals surface area (Å²) in [5.74, 6) is 0.